The van der Waals surface area contributed by atoms with E-state index in [1.165, 1.54) is 0 Å². The number of ether oxygens (including phenoxy) is 1. The van der Waals surface area contributed by atoms with E-state index in [9.17, 15) is 29.4 Å². The van der Waals surface area contributed by atoms with Gasteiger partial charge in [-0.2, -0.15) is 0 Å². The van der Waals surface area contributed by atoms with Crippen molar-refractivity contribution in [2.75, 3.05) is 26.2 Å². The van der Waals surface area contributed by atoms with Crippen molar-refractivity contribution in [1.29, 1.82) is 0 Å². The zero-order valence-corrected chi connectivity index (χ0v) is 18.9. The van der Waals surface area contributed by atoms with Crippen molar-refractivity contribution in [2.24, 2.45) is 16.5 Å². The molecule has 0 aromatic heterocycles. The van der Waals surface area contributed by atoms with Gasteiger partial charge in [0.1, 0.15) is 18.4 Å². The molecular formula is C20H29N8O7+. The van der Waals surface area contributed by atoms with Crippen molar-refractivity contribution in [2.45, 2.75) is 49.2 Å². The largest absolute Gasteiger partial charge is 0.446 e. The van der Waals surface area contributed by atoms with Crippen LogP contribution in [0.5, 0.6) is 0 Å². The number of hydrogen-bond donors (Lipinski definition) is 7. The molecule has 0 radical (unpaired) electrons. The SMILES string of the molecule is NC1=NC2C(COC(=O)NCCCC(=O)CCN3C(=O)C=CC3=O)NC(N)=[N+]3CCC(O)(O)C23N1. The van der Waals surface area contributed by atoms with E-state index in [4.69, 9.17) is 16.2 Å². The fourth-order valence-corrected chi connectivity index (χ4v) is 4.84. The van der Waals surface area contributed by atoms with Crippen molar-refractivity contribution >= 4 is 35.6 Å². The van der Waals surface area contributed by atoms with Gasteiger partial charge in [0.15, 0.2) is 12.0 Å². The number of nitrogens with one attached hydrogen (secondary N) is 3. The molecule has 15 heteroatoms. The van der Waals surface area contributed by atoms with Gasteiger partial charge in [-0.3, -0.25) is 30.3 Å². The number of ketones is 1. The van der Waals surface area contributed by atoms with E-state index in [1.54, 1.807) is 4.58 Å². The average molecular weight is 494 g/mol. The predicted octanol–water partition coefficient (Wildman–Crippen LogP) is -4.26. The molecule has 15 nitrogen and oxygen atoms in total. The minimum atomic E-state index is -2.17. The Morgan fingerprint density at radius 2 is 1.97 bits per heavy atom. The van der Waals surface area contributed by atoms with Crippen LogP contribution in [0.3, 0.4) is 0 Å². The summed E-state index contributed by atoms with van der Waals surface area (Å²) >= 11 is 0. The van der Waals surface area contributed by atoms with Crippen molar-refractivity contribution in [1.82, 2.24) is 20.9 Å². The molecule has 35 heavy (non-hydrogen) atoms. The molecule has 1 spiro atoms. The lowest BCUT2D eigenvalue weighted by Crippen LogP contribution is -2.77. The number of Topliss-reactive ketones (excluding diaryl/α,β-unsaturated/α-hetero) is 1. The summed E-state index contributed by atoms with van der Waals surface area (Å²) in [5.41, 5.74) is 10.4. The van der Waals surface area contributed by atoms with Gasteiger partial charge in [-0.1, -0.05) is 0 Å². The number of imide groups is 1. The van der Waals surface area contributed by atoms with Crippen LogP contribution in [-0.4, -0.2) is 105 Å². The summed E-state index contributed by atoms with van der Waals surface area (Å²) in [6.45, 7) is 0.265. The van der Waals surface area contributed by atoms with E-state index in [-0.39, 0.29) is 63.2 Å². The summed E-state index contributed by atoms with van der Waals surface area (Å²) in [4.78, 5) is 52.4. The number of alkyl carbamates (subject to hydrolysis) is 1. The molecule has 3 amide bonds. The van der Waals surface area contributed by atoms with Crippen LogP contribution in [0.25, 0.3) is 0 Å². The Labute approximate surface area is 199 Å². The molecule has 0 aliphatic carbocycles. The van der Waals surface area contributed by atoms with Gasteiger partial charge >= 0.3 is 12.1 Å². The van der Waals surface area contributed by atoms with E-state index < -0.39 is 41.4 Å². The van der Waals surface area contributed by atoms with Crippen molar-refractivity contribution in [3.8, 4) is 0 Å². The van der Waals surface area contributed by atoms with Crippen LogP contribution in [0, 0.1) is 0 Å². The zero-order valence-electron chi connectivity index (χ0n) is 18.9. The topological polar surface area (TPSA) is 225 Å². The van der Waals surface area contributed by atoms with Gasteiger partial charge in [0.2, 0.25) is 11.4 Å². The van der Waals surface area contributed by atoms with Gasteiger partial charge in [-0.05, 0) is 6.42 Å². The summed E-state index contributed by atoms with van der Waals surface area (Å²) in [6.07, 6.45) is 2.15. The Morgan fingerprint density at radius 3 is 2.69 bits per heavy atom. The Morgan fingerprint density at radius 1 is 1.26 bits per heavy atom. The maximum atomic E-state index is 12.1. The van der Waals surface area contributed by atoms with Crippen molar-refractivity contribution in [3.05, 3.63) is 12.2 Å². The lowest BCUT2D eigenvalue weighted by Gasteiger charge is -2.42. The second-order valence-corrected chi connectivity index (χ2v) is 8.78. The minimum absolute atomic E-state index is 0.00992. The van der Waals surface area contributed by atoms with Gasteiger partial charge in [0, 0.05) is 44.5 Å². The molecule has 0 aromatic rings. The first-order valence-electron chi connectivity index (χ1n) is 11.2. The fourth-order valence-electron chi connectivity index (χ4n) is 4.84. The van der Waals surface area contributed by atoms with E-state index >= 15 is 0 Å². The zero-order chi connectivity index (χ0) is 25.4. The number of aliphatic hydroxyl groups is 2. The van der Waals surface area contributed by atoms with Gasteiger partial charge < -0.3 is 31.3 Å². The third kappa shape index (κ3) is 4.39. The number of nitrogens with two attached hydrogens (primary N) is 2. The van der Waals surface area contributed by atoms with Gasteiger partial charge in [-0.15, -0.1) is 0 Å². The van der Waals surface area contributed by atoms with Crippen LogP contribution in [0.2, 0.25) is 0 Å². The van der Waals surface area contributed by atoms with Gasteiger partial charge in [0.25, 0.3) is 11.8 Å². The Kier molecular flexibility index (Phi) is 6.38. The van der Waals surface area contributed by atoms with E-state index in [2.05, 4.69) is 20.9 Å². The van der Waals surface area contributed by atoms with Crippen molar-refractivity contribution < 1.29 is 38.7 Å². The second kappa shape index (κ2) is 9.14. The lowest BCUT2D eigenvalue weighted by atomic mass is 9.87. The number of rotatable bonds is 9. The van der Waals surface area contributed by atoms with Crippen LogP contribution in [0.4, 0.5) is 4.79 Å². The summed E-state index contributed by atoms with van der Waals surface area (Å²) < 4.78 is 6.81. The molecule has 4 aliphatic heterocycles. The molecule has 1 saturated heterocycles. The molecule has 4 rings (SSSR count). The second-order valence-electron chi connectivity index (χ2n) is 8.78. The molecule has 0 bridgehead atoms. The van der Waals surface area contributed by atoms with E-state index in [1.807, 2.05) is 0 Å². The molecule has 0 aromatic carbocycles. The number of hydrogen-bond acceptors (Lipinski definition) is 12. The number of amides is 3. The maximum Gasteiger partial charge on any atom is 0.407 e. The monoisotopic (exact) mass is 493 g/mol. The molecule has 0 saturated carbocycles. The fraction of sp³-hybridized carbons (Fsp3) is 0.600. The summed E-state index contributed by atoms with van der Waals surface area (Å²) in [7, 11) is 0. The summed E-state index contributed by atoms with van der Waals surface area (Å²) in [5, 5.41) is 29.6. The van der Waals surface area contributed by atoms with Crippen LogP contribution in [-0.2, 0) is 19.1 Å². The highest BCUT2D eigenvalue weighted by Crippen LogP contribution is 2.40. The first-order valence-corrected chi connectivity index (χ1v) is 11.2. The molecule has 4 heterocycles. The van der Waals surface area contributed by atoms with Gasteiger partial charge in [0.05, 0.1) is 6.54 Å². The Balaban J connectivity index is 1.20. The maximum absolute atomic E-state index is 12.1. The van der Waals surface area contributed by atoms with Crippen LogP contribution < -0.4 is 27.4 Å². The molecule has 190 valence electrons. The molecule has 4 aliphatic rings. The summed E-state index contributed by atoms with van der Waals surface area (Å²) in [5.74, 6) is -3.00. The van der Waals surface area contributed by atoms with Crippen LogP contribution >= 0.6 is 0 Å². The number of guanidine groups is 2. The highest BCUT2D eigenvalue weighted by atomic mass is 16.5. The molecular weight excluding hydrogens is 464 g/mol. The van der Waals surface area contributed by atoms with E-state index in [0.717, 1.165) is 17.1 Å². The normalized spacial score (nSPS) is 28.3. The van der Waals surface area contributed by atoms with E-state index in [0.29, 0.717) is 6.42 Å². The number of nitrogens with zero attached hydrogens (tertiary/aromatic N) is 3. The average Bonchev–Trinajstić information content (AvgIpc) is 3.41. The smallest absolute Gasteiger partial charge is 0.407 e. The predicted molar refractivity (Wildman–Crippen MR) is 118 cm³/mol. The number of carbonyl (C=O) groups is 4. The Bertz CT molecular complexity index is 1020. The highest BCUT2D eigenvalue weighted by Gasteiger charge is 2.71. The number of carbonyl (C=O) groups excluding carboxylic acids is 4. The standard InChI is InChI=1S/C20H28N8O7/c21-16-25-15-12(24-17(22)28-9-6-19(33,34)20(15,28)26-16)10-35-18(32)23-7-1-2-11(29)5-8-27-13(30)3-4-14(27)31/h3-4,12,15,33-34H,1-2,5-10H2,(H6,21,22,23,24,25,26,32)/p+1. The quantitative estimate of drug-likeness (QED) is 0.0704. The molecule has 3 unspecified atom stereocenters. The minimum Gasteiger partial charge on any atom is -0.446 e. The first-order chi connectivity index (χ1) is 16.5. The van der Waals surface area contributed by atoms with Crippen molar-refractivity contribution in [3.63, 3.8) is 0 Å². The van der Waals surface area contributed by atoms with Gasteiger partial charge in [-0.25, -0.2) is 14.4 Å². The third-order valence-electron chi connectivity index (χ3n) is 6.56. The summed E-state index contributed by atoms with van der Waals surface area (Å²) in [6, 6.07) is -1.49. The lowest BCUT2D eigenvalue weighted by molar-refractivity contribution is -0.623. The van der Waals surface area contributed by atoms with Crippen LogP contribution in [0.1, 0.15) is 25.7 Å². The number of aliphatic imine (C=N–C) groups is 1. The molecule has 9 N–H and O–H groups in total. The molecule has 3 atom stereocenters. The third-order valence-corrected chi connectivity index (χ3v) is 6.56. The Hall–Kier alpha value is -3.72. The highest BCUT2D eigenvalue weighted by molar-refractivity contribution is 6.13. The molecule has 1 fully saturated rings. The van der Waals surface area contributed by atoms with Crippen LogP contribution in [0.15, 0.2) is 17.1 Å². The first kappa shape index (κ1) is 24.4.